The molecule has 0 atom stereocenters. The molecule has 0 unspecified atom stereocenters. The highest BCUT2D eigenvalue weighted by atomic mass is 19.4. The van der Waals surface area contributed by atoms with E-state index in [-0.39, 0.29) is 17.9 Å². The van der Waals surface area contributed by atoms with Crippen LogP contribution in [-0.2, 0) is 6.42 Å². The maximum Gasteiger partial charge on any atom is 0.406 e. The Balaban J connectivity index is 2.93. The number of amides is 1. The molecule has 0 saturated carbocycles. The van der Waals surface area contributed by atoms with Crippen LogP contribution in [0.25, 0.3) is 0 Å². The first-order valence-electron chi connectivity index (χ1n) is 5.48. The minimum Gasteiger partial charge on any atom is -0.395 e. The van der Waals surface area contributed by atoms with Gasteiger partial charge in [0.25, 0.3) is 5.91 Å². The van der Waals surface area contributed by atoms with Gasteiger partial charge in [-0.1, -0.05) is 6.92 Å². The predicted octanol–water partition coefficient (Wildman–Crippen LogP) is 1.58. The molecule has 5 nitrogen and oxygen atoms in total. The van der Waals surface area contributed by atoms with Crippen LogP contribution in [0, 0.1) is 0 Å². The Labute approximate surface area is 102 Å². The minimum atomic E-state index is -4.44. The van der Waals surface area contributed by atoms with Crippen LogP contribution in [0.5, 0.6) is 0 Å². The third-order valence-corrected chi connectivity index (χ3v) is 2.48. The van der Waals surface area contributed by atoms with Crippen LogP contribution in [-0.4, -0.2) is 40.3 Å². The van der Waals surface area contributed by atoms with E-state index >= 15 is 0 Å². The molecular formula is C10H15F3N4O. The zero-order valence-corrected chi connectivity index (χ0v) is 10.1. The van der Waals surface area contributed by atoms with Crippen molar-refractivity contribution in [2.75, 3.05) is 18.8 Å². The highest BCUT2D eigenvalue weighted by Gasteiger charge is 2.34. The van der Waals surface area contributed by atoms with Crippen molar-refractivity contribution >= 4 is 11.6 Å². The smallest absolute Gasteiger partial charge is 0.395 e. The molecule has 0 aliphatic rings. The first-order valence-corrected chi connectivity index (χ1v) is 5.48. The highest BCUT2D eigenvalue weighted by Crippen LogP contribution is 2.20. The third-order valence-electron chi connectivity index (χ3n) is 2.48. The first kappa shape index (κ1) is 14.3. The van der Waals surface area contributed by atoms with E-state index in [2.05, 4.69) is 10.2 Å². The number of aromatic amines is 1. The summed E-state index contributed by atoms with van der Waals surface area (Å²) in [6.07, 6.45) is -3.91. The Morgan fingerprint density at radius 2 is 2.06 bits per heavy atom. The van der Waals surface area contributed by atoms with E-state index in [9.17, 15) is 18.0 Å². The molecule has 0 radical (unpaired) electrons. The summed E-state index contributed by atoms with van der Waals surface area (Å²) in [5, 5.41) is 6.22. The molecule has 0 aliphatic heterocycles. The second-order valence-electron chi connectivity index (χ2n) is 3.75. The number of rotatable bonds is 4. The number of aryl methyl sites for hydroxylation is 1. The number of H-pyrrole nitrogens is 1. The number of nitrogens with two attached hydrogens (primary N) is 1. The molecule has 1 rings (SSSR count). The van der Waals surface area contributed by atoms with Gasteiger partial charge in [-0.2, -0.15) is 18.3 Å². The van der Waals surface area contributed by atoms with E-state index in [1.807, 2.05) is 0 Å². The number of anilines is 1. The third kappa shape index (κ3) is 3.14. The number of halogens is 3. The molecule has 0 aliphatic carbocycles. The molecule has 0 spiro atoms. The molecule has 3 N–H and O–H groups in total. The summed E-state index contributed by atoms with van der Waals surface area (Å²) in [5.41, 5.74) is 6.15. The van der Waals surface area contributed by atoms with Crippen LogP contribution in [0.15, 0.2) is 0 Å². The fourth-order valence-corrected chi connectivity index (χ4v) is 1.51. The van der Waals surface area contributed by atoms with Crippen molar-refractivity contribution in [3.8, 4) is 0 Å². The number of alkyl halides is 3. The van der Waals surface area contributed by atoms with Crippen molar-refractivity contribution in [1.82, 2.24) is 15.1 Å². The summed E-state index contributed by atoms with van der Waals surface area (Å²) in [6, 6.07) is 0. The van der Waals surface area contributed by atoms with Crippen LogP contribution in [0.1, 0.15) is 30.0 Å². The molecule has 18 heavy (non-hydrogen) atoms. The van der Waals surface area contributed by atoms with E-state index < -0.39 is 18.6 Å². The van der Waals surface area contributed by atoms with Crippen molar-refractivity contribution in [2.24, 2.45) is 0 Å². The fraction of sp³-hybridized carbons (Fsp3) is 0.600. The summed E-state index contributed by atoms with van der Waals surface area (Å²) < 4.78 is 36.9. The number of carbonyl (C=O) groups excluding carboxylic acids is 1. The van der Waals surface area contributed by atoms with Crippen LogP contribution >= 0.6 is 0 Å². The summed E-state index contributed by atoms with van der Waals surface area (Å²) in [6.45, 7) is 1.89. The summed E-state index contributed by atoms with van der Waals surface area (Å²) in [7, 11) is 0. The first-order chi connectivity index (χ1) is 8.30. The number of nitrogens with zero attached hydrogens (tertiary/aromatic N) is 2. The predicted molar refractivity (Wildman–Crippen MR) is 60.0 cm³/mol. The van der Waals surface area contributed by atoms with Gasteiger partial charge in [-0.15, -0.1) is 0 Å². The summed E-state index contributed by atoms with van der Waals surface area (Å²) in [4.78, 5) is 12.5. The second-order valence-corrected chi connectivity index (χ2v) is 3.75. The van der Waals surface area contributed by atoms with Gasteiger partial charge in [0.2, 0.25) is 0 Å². The van der Waals surface area contributed by atoms with Gasteiger partial charge in [0.1, 0.15) is 6.54 Å². The lowest BCUT2D eigenvalue weighted by Crippen LogP contribution is -2.39. The number of carbonyl (C=O) groups is 1. The quantitative estimate of drug-likeness (QED) is 0.867. The standard InChI is InChI=1S/C10H15F3N4O/c1-3-6-7(14)8(16-15-6)9(18)17(4-2)5-10(11,12)13/h3-5,14H2,1-2H3,(H,15,16). The van der Waals surface area contributed by atoms with Crippen LogP contribution in [0.4, 0.5) is 18.9 Å². The molecule has 8 heteroatoms. The van der Waals surface area contributed by atoms with Gasteiger partial charge >= 0.3 is 6.18 Å². The van der Waals surface area contributed by atoms with E-state index in [1.54, 1.807) is 6.92 Å². The molecule has 1 aromatic rings. The zero-order chi connectivity index (χ0) is 13.9. The normalized spacial score (nSPS) is 11.6. The van der Waals surface area contributed by atoms with Crippen molar-refractivity contribution in [1.29, 1.82) is 0 Å². The van der Waals surface area contributed by atoms with Crippen LogP contribution < -0.4 is 5.73 Å². The van der Waals surface area contributed by atoms with E-state index in [4.69, 9.17) is 5.73 Å². The Morgan fingerprint density at radius 3 is 2.44 bits per heavy atom. The molecule has 1 aromatic heterocycles. The average Bonchev–Trinajstić information content (AvgIpc) is 2.65. The molecule has 1 heterocycles. The molecule has 0 aromatic carbocycles. The van der Waals surface area contributed by atoms with Gasteiger partial charge in [-0.05, 0) is 13.3 Å². The van der Waals surface area contributed by atoms with Crippen molar-refractivity contribution < 1.29 is 18.0 Å². The topological polar surface area (TPSA) is 75.0 Å². The van der Waals surface area contributed by atoms with Gasteiger partial charge in [0.05, 0.1) is 11.4 Å². The largest absolute Gasteiger partial charge is 0.406 e. The lowest BCUT2D eigenvalue weighted by Gasteiger charge is -2.21. The lowest BCUT2D eigenvalue weighted by atomic mass is 10.2. The zero-order valence-electron chi connectivity index (χ0n) is 10.1. The molecule has 0 fully saturated rings. The van der Waals surface area contributed by atoms with Crippen molar-refractivity contribution in [3.63, 3.8) is 0 Å². The second kappa shape index (κ2) is 5.28. The Kier molecular flexibility index (Phi) is 4.20. The minimum absolute atomic E-state index is 0.0634. The van der Waals surface area contributed by atoms with Crippen molar-refractivity contribution in [3.05, 3.63) is 11.4 Å². The number of nitrogens with one attached hydrogen (secondary N) is 1. The molecular weight excluding hydrogens is 249 g/mol. The SMILES string of the molecule is CCc1[nH]nc(C(=O)N(CC)CC(F)(F)F)c1N. The maximum absolute atomic E-state index is 12.3. The van der Waals surface area contributed by atoms with Gasteiger partial charge < -0.3 is 10.6 Å². The van der Waals surface area contributed by atoms with E-state index in [1.165, 1.54) is 6.92 Å². The van der Waals surface area contributed by atoms with Gasteiger partial charge in [-0.25, -0.2) is 0 Å². The molecule has 0 bridgehead atoms. The highest BCUT2D eigenvalue weighted by molar-refractivity contribution is 5.97. The number of hydrogen-bond donors (Lipinski definition) is 2. The molecule has 102 valence electrons. The van der Waals surface area contributed by atoms with Gasteiger partial charge in [0.15, 0.2) is 5.69 Å². The Hall–Kier alpha value is -1.73. The monoisotopic (exact) mass is 264 g/mol. The average molecular weight is 264 g/mol. The molecule has 1 amide bonds. The summed E-state index contributed by atoms with van der Waals surface area (Å²) >= 11 is 0. The Bertz CT molecular complexity index is 427. The number of hydrogen-bond acceptors (Lipinski definition) is 3. The van der Waals surface area contributed by atoms with E-state index in [0.29, 0.717) is 17.0 Å². The maximum atomic E-state index is 12.3. The lowest BCUT2D eigenvalue weighted by molar-refractivity contribution is -0.140. The van der Waals surface area contributed by atoms with Gasteiger partial charge in [-0.3, -0.25) is 9.89 Å². The summed E-state index contributed by atoms with van der Waals surface area (Å²) in [5.74, 6) is -0.816. The number of aromatic nitrogens is 2. The number of nitrogen functional groups attached to an aromatic ring is 1. The molecule has 0 saturated heterocycles. The van der Waals surface area contributed by atoms with Crippen LogP contribution in [0.2, 0.25) is 0 Å². The Morgan fingerprint density at radius 1 is 1.44 bits per heavy atom. The van der Waals surface area contributed by atoms with Crippen LogP contribution in [0.3, 0.4) is 0 Å². The van der Waals surface area contributed by atoms with E-state index in [0.717, 1.165) is 0 Å². The fourth-order valence-electron chi connectivity index (χ4n) is 1.51. The van der Waals surface area contributed by atoms with Gasteiger partial charge in [0, 0.05) is 6.54 Å². The van der Waals surface area contributed by atoms with Crippen molar-refractivity contribution in [2.45, 2.75) is 26.4 Å².